The molecule has 0 aliphatic heterocycles. The van der Waals surface area contributed by atoms with Crippen LogP contribution in [0.4, 0.5) is 0 Å². The average Bonchev–Trinajstić information content (AvgIpc) is 2.65. The van der Waals surface area contributed by atoms with Gasteiger partial charge in [0.25, 0.3) is 0 Å². The number of hydrogen-bond acceptors (Lipinski definition) is 1. The molecule has 0 unspecified atom stereocenters. The van der Waals surface area contributed by atoms with Gasteiger partial charge in [0.15, 0.2) is 0 Å². The lowest BCUT2D eigenvalue weighted by atomic mass is 10.1. The highest BCUT2D eigenvalue weighted by molar-refractivity contribution is 5.11. The summed E-state index contributed by atoms with van der Waals surface area (Å²) in [4.78, 5) is 2.25. The van der Waals surface area contributed by atoms with Gasteiger partial charge in [0, 0.05) is 0 Å². The van der Waals surface area contributed by atoms with Crippen LogP contribution in [-0.2, 0) is 0 Å². The van der Waals surface area contributed by atoms with E-state index >= 15 is 0 Å². The summed E-state index contributed by atoms with van der Waals surface area (Å²) < 4.78 is 0. The third-order valence-electron chi connectivity index (χ3n) is 3.41. The van der Waals surface area contributed by atoms with Gasteiger partial charge >= 0.3 is 0 Å². The van der Waals surface area contributed by atoms with Gasteiger partial charge in [0.2, 0.25) is 0 Å². The first-order chi connectivity index (χ1) is 11.0. The fourth-order valence-electron chi connectivity index (χ4n) is 1.05. The number of nitrogens with zero attached hydrogens (tertiary/aromatic N) is 1. The highest BCUT2D eigenvalue weighted by Crippen LogP contribution is 2.02. The molecule has 0 N–H and O–H groups in total. The monoisotopic (exact) mass is 325 g/mol. The van der Waals surface area contributed by atoms with Crippen molar-refractivity contribution in [2.75, 3.05) is 20.1 Å². The molecular formula is C22H47N. The minimum atomic E-state index is 0.935. The molecule has 0 bridgehead atoms. The molecule has 23 heavy (non-hydrogen) atoms. The van der Waals surface area contributed by atoms with E-state index in [1.807, 2.05) is 45.9 Å². The topological polar surface area (TPSA) is 3.24 Å². The molecule has 0 spiro atoms. The van der Waals surface area contributed by atoms with Crippen molar-refractivity contribution in [2.45, 2.75) is 82.1 Å². The van der Waals surface area contributed by atoms with E-state index in [0.717, 1.165) is 19.0 Å². The molecule has 1 aromatic carbocycles. The zero-order valence-corrected chi connectivity index (χ0v) is 18.2. The van der Waals surface area contributed by atoms with Crippen molar-refractivity contribution in [3.05, 3.63) is 35.9 Å². The average molecular weight is 326 g/mol. The van der Waals surface area contributed by atoms with Gasteiger partial charge in [-0.2, -0.15) is 0 Å². The number of rotatable bonds is 4. The summed E-state index contributed by atoms with van der Waals surface area (Å²) in [5.41, 5.74) is 1.32. The van der Waals surface area contributed by atoms with Crippen molar-refractivity contribution >= 4 is 0 Å². The van der Waals surface area contributed by atoms with Crippen molar-refractivity contribution in [3.8, 4) is 0 Å². The van der Waals surface area contributed by atoms with Gasteiger partial charge in [-0.25, -0.2) is 0 Å². The van der Waals surface area contributed by atoms with Crippen LogP contribution in [0.15, 0.2) is 30.3 Å². The van der Waals surface area contributed by atoms with E-state index in [2.05, 4.69) is 65.6 Å². The zero-order valence-electron chi connectivity index (χ0n) is 18.2. The fourth-order valence-corrected chi connectivity index (χ4v) is 1.05. The second-order valence-corrected chi connectivity index (χ2v) is 5.06. The molecule has 0 fully saturated rings. The maximum atomic E-state index is 2.28. The van der Waals surface area contributed by atoms with Crippen LogP contribution in [0, 0.1) is 12.8 Å². The highest BCUT2D eigenvalue weighted by atomic mass is 15.1. The lowest BCUT2D eigenvalue weighted by molar-refractivity contribution is 0.373. The van der Waals surface area contributed by atoms with Crippen molar-refractivity contribution in [1.82, 2.24) is 4.90 Å². The first kappa shape index (κ1) is 30.1. The molecule has 1 heteroatoms. The maximum absolute atomic E-state index is 2.28. The SMILES string of the molecule is CC.CC.CCC(C)CC.CCN(C)CC.Cc1ccccc1. The molecule has 1 aromatic rings. The van der Waals surface area contributed by atoms with E-state index in [1.54, 1.807) is 0 Å². The second kappa shape index (κ2) is 29.2. The molecule has 0 radical (unpaired) electrons. The van der Waals surface area contributed by atoms with Crippen LogP contribution in [0.1, 0.15) is 80.7 Å². The largest absolute Gasteiger partial charge is 0.307 e. The summed E-state index contributed by atoms with van der Waals surface area (Å²) in [7, 11) is 2.11. The van der Waals surface area contributed by atoms with Gasteiger partial charge in [0.05, 0.1) is 0 Å². The van der Waals surface area contributed by atoms with Crippen LogP contribution in [0.25, 0.3) is 0 Å². The smallest absolute Gasteiger partial charge is 0.00504 e. The molecule has 0 aliphatic carbocycles. The summed E-state index contributed by atoms with van der Waals surface area (Å²) in [6.07, 6.45) is 2.66. The van der Waals surface area contributed by atoms with Crippen LogP contribution in [0.3, 0.4) is 0 Å². The molecule has 1 rings (SSSR count). The Bertz CT molecular complexity index is 238. The van der Waals surface area contributed by atoms with E-state index in [1.165, 1.54) is 18.4 Å². The Morgan fingerprint density at radius 1 is 0.783 bits per heavy atom. The first-order valence-corrected chi connectivity index (χ1v) is 9.71. The summed E-state index contributed by atoms with van der Waals surface area (Å²) in [6, 6.07) is 10.3. The van der Waals surface area contributed by atoms with E-state index in [0.29, 0.717) is 0 Å². The molecule has 0 heterocycles. The van der Waals surface area contributed by atoms with Crippen LogP contribution < -0.4 is 0 Å². The Balaban J connectivity index is -0.000000106. The van der Waals surface area contributed by atoms with Crippen molar-refractivity contribution in [3.63, 3.8) is 0 Å². The van der Waals surface area contributed by atoms with Crippen LogP contribution in [-0.4, -0.2) is 25.0 Å². The fraction of sp³-hybridized carbons (Fsp3) is 0.727. The van der Waals surface area contributed by atoms with Gasteiger partial charge in [-0.15, -0.1) is 0 Å². The molecule has 0 atom stereocenters. The summed E-state index contributed by atoms with van der Waals surface area (Å²) in [5, 5.41) is 0. The van der Waals surface area contributed by atoms with Gasteiger partial charge in [0.1, 0.15) is 0 Å². The van der Waals surface area contributed by atoms with Crippen LogP contribution >= 0.6 is 0 Å². The van der Waals surface area contributed by atoms with Gasteiger partial charge in [-0.3, -0.25) is 0 Å². The lowest BCUT2D eigenvalue weighted by Crippen LogP contribution is -2.15. The zero-order chi connectivity index (χ0) is 19.1. The Morgan fingerprint density at radius 2 is 1.13 bits per heavy atom. The van der Waals surface area contributed by atoms with Crippen LogP contribution in [0.2, 0.25) is 0 Å². The first-order valence-electron chi connectivity index (χ1n) is 9.71. The van der Waals surface area contributed by atoms with Gasteiger partial charge in [-0.05, 0) is 33.0 Å². The number of aryl methyl sites for hydroxylation is 1. The molecule has 140 valence electrons. The second-order valence-electron chi connectivity index (χ2n) is 5.06. The lowest BCUT2D eigenvalue weighted by Gasteiger charge is -2.07. The Labute approximate surface area is 149 Å². The molecule has 0 aromatic heterocycles. The quantitative estimate of drug-likeness (QED) is 0.555. The molecule has 0 saturated heterocycles. The molecule has 0 aliphatic rings. The summed E-state index contributed by atoms with van der Waals surface area (Å²) in [5.74, 6) is 0.935. The van der Waals surface area contributed by atoms with Gasteiger partial charge < -0.3 is 4.90 Å². The maximum Gasteiger partial charge on any atom is -0.00504 e. The van der Waals surface area contributed by atoms with E-state index in [9.17, 15) is 0 Å². The van der Waals surface area contributed by atoms with E-state index in [4.69, 9.17) is 0 Å². The van der Waals surface area contributed by atoms with E-state index in [-0.39, 0.29) is 0 Å². The summed E-state index contributed by atoms with van der Waals surface area (Å²) in [6.45, 7) is 23.5. The molecule has 1 nitrogen and oxygen atoms in total. The summed E-state index contributed by atoms with van der Waals surface area (Å²) >= 11 is 0. The van der Waals surface area contributed by atoms with Gasteiger partial charge in [-0.1, -0.05) is 111 Å². The Morgan fingerprint density at radius 3 is 1.22 bits per heavy atom. The standard InChI is InChI=1S/C7H8.C6H14.C5H13N.2C2H6/c1-7-5-3-2-4-6-7;2*1-4-6(3)5-2;2*1-2/h2-6H,1H3;6H,4-5H2,1-3H3;4-5H2,1-3H3;2*1-2H3. The molecule has 0 amide bonds. The predicted molar refractivity (Wildman–Crippen MR) is 112 cm³/mol. The van der Waals surface area contributed by atoms with E-state index < -0.39 is 0 Å². The predicted octanol–water partition coefficient (Wildman–Crippen LogP) is 7.45. The minimum Gasteiger partial charge on any atom is -0.307 e. The number of benzene rings is 1. The molecule has 0 saturated carbocycles. The normalized spacial score (nSPS) is 8.39. The van der Waals surface area contributed by atoms with Crippen LogP contribution in [0.5, 0.6) is 0 Å². The number of hydrogen-bond donors (Lipinski definition) is 0. The van der Waals surface area contributed by atoms with Crippen molar-refractivity contribution in [1.29, 1.82) is 0 Å². The third kappa shape index (κ3) is 33.8. The Hall–Kier alpha value is -0.820. The van der Waals surface area contributed by atoms with Crippen molar-refractivity contribution in [2.24, 2.45) is 5.92 Å². The van der Waals surface area contributed by atoms with Crippen molar-refractivity contribution < 1.29 is 0 Å². The molecular weight excluding hydrogens is 278 g/mol. The Kier molecular flexibility index (Phi) is 38.2. The highest BCUT2D eigenvalue weighted by Gasteiger charge is 1.88. The third-order valence-corrected chi connectivity index (χ3v) is 3.41. The minimum absolute atomic E-state index is 0.935.